The van der Waals surface area contributed by atoms with Crippen LogP contribution >= 0.6 is 0 Å². The molecule has 0 unspecified atom stereocenters. The largest absolute Gasteiger partial charge is 0.465 e. The Morgan fingerprint density at radius 1 is 1.23 bits per heavy atom. The summed E-state index contributed by atoms with van der Waals surface area (Å²) in [6.45, 7) is -1.88. The molecule has 0 saturated heterocycles. The fraction of sp³-hybridized carbons (Fsp3) is 0.286. The molecule has 0 fully saturated rings. The van der Waals surface area contributed by atoms with E-state index in [4.69, 9.17) is 9.26 Å². The van der Waals surface area contributed by atoms with E-state index in [0.29, 0.717) is 23.6 Å². The van der Waals surface area contributed by atoms with E-state index in [9.17, 15) is 13.6 Å². The first-order valence-corrected chi connectivity index (χ1v) is 9.38. The van der Waals surface area contributed by atoms with Crippen molar-refractivity contribution in [1.29, 1.82) is 0 Å². The molecule has 30 heavy (non-hydrogen) atoms. The Morgan fingerprint density at radius 2 is 2.07 bits per heavy atom. The number of carbonyl (C=O) groups is 1. The summed E-state index contributed by atoms with van der Waals surface area (Å²) in [5.74, 6) is 0.102. The summed E-state index contributed by atoms with van der Waals surface area (Å²) in [4.78, 5) is 18.5. The van der Waals surface area contributed by atoms with Gasteiger partial charge in [0.2, 0.25) is 11.7 Å². The van der Waals surface area contributed by atoms with Gasteiger partial charge in [0.1, 0.15) is 5.75 Å². The number of anilines is 1. The summed E-state index contributed by atoms with van der Waals surface area (Å²) in [5, 5.41) is 3.92. The zero-order chi connectivity index (χ0) is 21.1. The summed E-state index contributed by atoms with van der Waals surface area (Å²) < 4.78 is 40.1. The molecule has 0 aliphatic carbocycles. The first-order chi connectivity index (χ1) is 14.6. The van der Waals surface area contributed by atoms with E-state index in [0.717, 1.165) is 30.6 Å². The van der Waals surface area contributed by atoms with Crippen molar-refractivity contribution in [2.24, 2.45) is 0 Å². The maximum atomic E-state index is 12.7. The standard InChI is InChI=1S/C21H19F2N3O4/c1-28-20(27)14-7-4-9-16-13(14)8-5-11-26(16)12-18-24-19(25-30-18)15-6-2-3-10-17(15)29-21(22)23/h2-4,6-7,9-10,21H,5,8,11-12H2,1H3. The molecule has 0 N–H and O–H groups in total. The number of carbonyl (C=O) groups excluding carboxylic acids is 1. The van der Waals surface area contributed by atoms with Crippen LogP contribution in [0.4, 0.5) is 14.5 Å². The van der Waals surface area contributed by atoms with Crippen LogP contribution < -0.4 is 9.64 Å². The molecule has 1 aromatic heterocycles. The molecule has 1 aliphatic heterocycles. The smallest absolute Gasteiger partial charge is 0.387 e. The number of ether oxygens (including phenoxy) is 2. The highest BCUT2D eigenvalue weighted by atomic mass is 19.3. The average Bonchev–Trinajstić information content (AvgIpc) is 3.21. The van der Waals surface area contributed by atoms with Crippen molar-refractivity contribution in [3.05, 3.63) is 59.5 Å². The topological polar surface area (TPSA) is 77.7 Å². The van der Waals surface area contributed by atoms with Crippen LogP contribution in [0.25, 0.3) is 11.4 Å². The summed E-state index contributed by atoms with van der Waals surface area (Å²) in [6.07, 6.45) is 1.62. The molecule has 156 valence electrons. The number of hydrogen-bond donors (Lipinski definition) is 0. The summed E-state index contributed by atoms with van der Waals surface area (Å²) >= 11 is 0. The van der Waals surface area contributed by atoms with Gasteiger partial charge in [0.25, 0.3) is 0 Å². The number of methoxy groups -OCH3 is 1. The lowest BCUT2D eigenvalue weighted by atomic mass is 9.96. The maximum absolute atomic E-state index is 12.7. The summed E-state index contributed by atoms with van der Waals surface area (Å²) in [6, 6.07) is 11.8. The first kappa shape index (κ1) is 19.8. The van der Waals surface area contributed by atoms with Crippen molar-refractivity contribution in [1.82, 2.24) is 10.1 Å². The molecule has 0 atom stereocenters. The second kappa shape index (κ2) is 8.48. The number of benzene rings is 2. The van der Waals surface area contributed by atoms with Gasteiger partial charge in [0.15, 0.2) is 0 Å². The van der Waals surface area contributed by atoms with Gasteiger partial charge in [-0.25, -0.2) is 4.79 Å². The molecular weight excluding hydrogens is 396 g/mol. The van der Waals surface area contributed by atoms with Crippen LogP contribution in [-0.4, -0.2) is 36.4 Å². The van der Waals surface area contributed by atoms with Crippen molar-refractivity contribution in [2.75, 3.05) is 18.6 Å². The van der Waals surface area contributed by atoms with Crippen molar-refractivity contribution < 1.29 is 27.6 Å². The molecule has 0 bridgehead atoms. The molecule has 2 aromatic carbocycles. The number of aromatic nitrogens is 2. The van der Waals surface area contributed by atoms with Crippen LogP contribution in [0.1, 0.15) is 28.2 Å². The molecule has 1 aliphatic rings. The predicted octanol–water partition coefficient (Wildman–Crippen LogP) is 4.08. The van der Waals surface area contributed by atoms with Crippen LogP contribution in [0.15, 0.2) is 47.0 Å². The zero-order valence-corrected chi connectivity index (χ0v) is 16.2. The monoisotopic (exact) mass is 415 g/mol. The third kappa shape index (κ3) is 3.96. The van der Waals surface area contributed by atoms with Gasteiger partial charge in [-0.2, -0.15) is 13.8 Å². The molecule has 0 radical (unpaired) electrons. The fourth-order valence-corrected chi connectivity index (χ4v) is 3.61. The van der Waals surface area contributed by atoms with Crippen LogP contribution in [0.3, 0.4) is 0 Å². The van der Waals surface area contributed by atoms with Gasteiger partial charge in [-0.05, 0) is 42.7 Å². The molecule has 2 heterocycles. The molecule has 9 heteroatoms. The lowest BCUT2D eigenvalue weighted by molar-refractivity contribution is -0.0494. The van der Waals surface area contributed by atoms with E-state index in [1.807, 2.05) is 11.0 Å². The highest BCUT2D eigenvalue weighted by molar-refractivity contribution is 5.93. The number of nitrogens with zero attached hydrogens (tertiary/aromatic N) is 3. The molecule has 0 saturated carbocycles. The van der Waals surface area contributed by atoms with Gasteiger partial charge >= 0.3 is 12.6 Å². The highest BCUT2D eigenvalue weighted by Crippen LogP contribution is 2.32. The lowest BCUT2D eigenvalue weighted by Gasteiger charge is -2.31. The van der Waals surface area contributed by atoms with E-state index in [2.05, 4.69) is 14.9 Å². The first-order valence-electron chi connectivity index (χ1n) is 9.38. The predicted molar refractivity (Wildman–Crippen MR) is 104 cm³/mol. The van der Waals surface area contributed by atoms with Gasteiger partial charge in [0, 0.05) is 12.2 Å². The number of hydrogen-bond acceptors (Lipinski definition) is 7. The molecule has 4 rings (SSSR count). The number of alkyl halides is 2. The van der Waals surface area contributed by atoms with E-state index >= 15 is 0 Å². The minimum absolute atomic E-state index is 0.0223. The number of para-hydroxylation sites is 1. The molecule has 0 spiro atoms. The number of rotatable bonds is 6. The van der Waals surface area contributed by atoms with Gasteiger partial charge in [-0.15, -0.1) is 0 Å². The minimum Gasteiger partial charge on any atom is -0.465 e. The van der Waals surface area contributed by atoms with Crippen molar-refractivity contribution in [2.45, 2.75) is 26.0 Å². The van der Waals surface area contributed by atoms with E-state index < -0.39 is 6.61 Å². The van der Waals surface area contributed by atoms with Gasteiger partial charge < -0.3 is 18.9 Å². The quantitative estimate of drug-likeness (QED) is 0.562. The fourth-order valence-electron chi connectivity index (χ4n) is 3.61. The molecule has 7 nitrogen and oxygen atoms in total. The Labute approximate surface area is 171 Å². The Kier molecular flexibility index (Phi) is 5.60. The van der Waals surface area contributed by atoms with Crippen LogP contribution in [0, 0.1) is 0 Å². The number of fused-ring (bicyclic) bond motifs is 1. The van der Waals surface area contributed by atoms with Crippen molar-refractivity contribution in [3.63, 3.8) is 0 Å². The Bertz CT molecular complexity index is 1050. The van der Waals surface area contributed by atoms with Gasteiger partial charge in [-0.3, -0.25) is 0 Å². The van der Waals surface area contributed by atoms with E-state index in [1.165, 1.54) is 13.2 Å². The molecule has 3 aromatic rings. The third-order valence-electron chi connectivity index (χ3n) is 4.89. The maximum Gasteiger partial charge on any atom is 0.387 e. The van der Waals surface area contributed by atoms with Crippen LogP contribution in [0.2, 0.25) is 0 Å². The number of esters is 1. The highest BCUT2D eigenvalue weighted by Gasteiger charge is 2.24. The lowest BCUT2D eigenvalue weighted by Crippen LogP contribution is -2.30. The molecule has 0 amide bonds. The normalized spacial score (nSPS) is 13.3. The van der Waals surface area contributed by atoms with E-state index in [-0.39, 0.29) is 17.5 Å². The summed E-state index contributed by atoms with van der Waals surface area (Å²) in [5.41, 5.74) is 2.69. The van der Waals surface area contributed by atoms with Gasteiger partial charge in [0.05, 0.1) is 24.8 Å². The van der Waals surface area contributed by atoms with Crippen molar-refractivity contribution in [3.8, 4) is 17.1 Å². The van der Waals surface area contributed by atoms with Crippen LogP contribution in [-0.2, 0) is 17.7 Å². The van der Waals surface area contributed by atoms with Crippen LogP contribution in [0.5, 0.6) is 5.75 Å². The second-order valence-electron chi connectivity index (χ2n) is 6.71. The molecular formula is C21H19F2N3O4. The Balaban J connectivity index is 1.59. The van der Waals surface area contributed by atoms with Gasteiger partial charge in [-0.1, -0.05) is 23.4 Å². The third-order valence-corrected chi connectivity index (χ3v) is 4.89. The SMILES string of the molecule is COC(=O)c1cccc2c1CCCN2Cc1nc(-c2ccccc2OC(F)F)no1. The Morgan fingerprint density at radius 3 is 2.87 bits per heavy atom. The number of halogens is 2. The Hall–Kier alpha value is -3.49. The van der Waals surface area contributed by atoms with E-state index in [1.54, 1.807) is 30.3 Å². The zero-order valence-electron chi connectivity index (χ0n) is 16.2. The minimum atomic E-state index is -2.95. The average molecular weight is 415 g/mol. The summed E-state index contributed by atoms with van der Waals surface area (Å²) in [7, 11) is 1.36. The van der Waals surface area contributed by atoms with Crippen molar-refractivity contribution >= 4 is 11.7 Å². The second-order valence-corrected chi connectivity index (χ2v) is 6.71.